The summed E-state index contributed by atoms with van der Waals surface area (Å²) in [5.41, 5.74) is 4.27. The Bertz CT molecular complexity index is 1280. The molecule has 0 aliphatic carbocycles. The predicted molar refractivity (Wildman–Crippen MR) is 139 cm³/mol. The lowest BCUT2D eigenvalue weighted by Gasteiger charge is -2.13. The van der Waals surface area contributed by atoms with Gasteiger partial charge in [0.25, 0.3) is 0 Å². The molecule has 1 heterocycles. The molecule has 0 unspecified atom stereocenters. The topological polar surface area (TPSA) is 72.7 Å². The van der Waals surface area contributed by atoms with Crippen molar-refractivity contribution < 1.29 is 19.4 Å². The standard InChI is InChI=1S/C29H32N2O4/c1-3-34-26-15-14-21(18-27(26)35-4-2)16-17-30-19-24-23-12-8-9-13-25(23)31(28(24)29(32)33)20-22-10-6-5-7-11-22/h5-15,18,30H,3-4,16-17,19-20H2,1-2H3,(H,32,33). The van der Waals surface area contributed by atoms with Crippen LogP contribution in [0.2, 0.25) is 0 Å². The van der Waals surface area contributed by atoms with Gasteiger partial charge in [0.05, 0.1) is 13.2 Å². The summed E-state index contributed by atoms with van der Waals surface area (Å²) in [6.45, 7) is 6.76. The molecule has 0 bridgehead atoms. The van der Waals surface area contributed by atoms with E-state index in [4.69, 9.17) is 9.47 Å². The molecule has 0 radical (unpaired) electrons. The van der Waals surface area contributed by atoms with E-state index in [0.717, 1.165) is 45.5 Å². The van der Waals surface area contributed by atoms with E-state index in [0.29, 0.717) is 38.5 Å². The molecule has 182 valence electrons. The van der Waals surface area contributed by atoms with Gasteiger partial charge in [-0.2, -0.15) is 0 Å². The predicted octanol–water partition coefficient (Wildman–Crippen LogP) is 5.52. The van der Waals surface area contributed by atoms with Gasteiger partial charge < -0.3 is 24.5 Å². The van der Waals surface area contributed by atoms with E-state index in [1.54, 1.807) is 0 Å². The van der Waals surface area contributed by atoms with Gasteiger partial charge in [-0.15, -0.1) is 0 Å². The maximum atomic E-state index is 12.4. The number of rotatable bonds is 12. The minimum Gasteiger partial charge on any atom is -0.490 e. The number of aromatic carboxylic acids is 1. The Hall–Kier alpha value is -3.77. The van der Waals surface area contributed by atoms with Gasteiger partial charge in [0.1, 0.15) is 5.69 Å². The van der Waals surface area contributed by atoms with Crippen LogP contribution in [0.1, 0.15) is 41.0 Å². The summed E-state index contributed by atoms with van der Waals surface area (Å²) >= 11 is 0. The first-order chi connectivity index (χ1) is 17.1. The average molecular weight is 473 g/mol. The number of carboxylic acids is 1. The number of nitrogens with one attached hydrogen (secondary N) is 1. The Kier molecular flexibility index (Phi) is 8.06. The molecule has 4 aromatic rings. The highest BCUT2D eigenvalue weighted by Gasteiger charge is 2.22. The van der Waals surface area contributed by atoms with Crippen molar-refractivity contribution in [3.63, 3.8) is 0 Å². The van der Waals surface area contributed by atoms with Gasteiger partial charge in [-0.1, -0.05) is 54.6 Å². The van der Waals surface area contributed by atoms with Crippen molar-refractivity contribution in [3.8, 4) is 11.5 Å². The molecule has 4 rings (SSSR count). The van der Waals surface area contributed by atoms with Gasteiger partial charge in [0, 0.05) is 29.6 Å². The third-order valence-electron chi connectivity index (χ3n) is 5.96. The van der Waals surface area contributed by atoms with Crippen LogP contribution in [0.4, 0.5) is 0 Å². The second-order valence-electron chi connectivity index (χ2n) is 8.30. The average Bonchev–Trinajstić information content (AvgIpc) is 3.17. The summed E-state index contributed by atoms with van der Waals surface area (Å²) in [6.07, 6.45) is 0.789. The van der Waals surface area contributed by atoms with E-state index < -0.39 is 5.97 Å². The van der Waals surface area contributed by atoms with Gasteiger partial charge in [-0.3, -0.25) is 0 Å². The second kappa shape index (κ2) is 11.6. The minimum atomic E-state index is -0.915. The highest BCUT2D eigenvalue weighted by Crippen LogP contribution is 2.29. The minimum absolute atomic E-state index is 0.335. The number of carbonyl (C=O) groups is 1. The number of ether oxygens (including phenoxy) is 2. The third kappa shape index (κ3) is 5.66. The number of nitrogens with zero attached hydrogens (tertiary/aromatic N) is 1. The fourth-order valence-corrected chi connectivity index (χ4v) is 4.43. The van der Waals surface area contributed by atoms with E-state index in [-0.39, 0.29) is 0 Å². The van der Waals surface area contributed by atoms with Crippen molar-refractivity contribution in [2.45, 2.75) is 33.4 Å². The molecule has 0 amide bonds. The van der Waals surface area contributed by atoms with E-state index >= 15 is 0 Å². The fourth-order valence-electron chi connectivity index (χ4n) is 4.43. The summed E-state index contributed by atoms with van der Waals surface area (Å²) in [4.78, 5) is 12.4. The maximum Gasteiger partial charge on any atom is 0.352 e. The number of aromatic nitrogens is 1. The first-order valence-corrected chi connectivity index (χ1v) is 12.1. The fraction of sp³-hybridized carbons (Fsp3) is 0.276. The lowest BCUT2D eigenvalue weighted by Crippen LogP contribution is -2.19. The van der Waals surface area contributed by atoms with Crippen molar-refractivity contribution in [3.05, 3.63) is 95.2 Å². The second-order valence-corrected chi connectivity index (χ2v) is 8.30. The van der Waals surface area contributed by atoms with Crippen LogP contribution < -0.4 is 14.8 Å². The molecule has 0 aliphatic rings. The highest BCUT2D eigenvalue weighted by molar-refractivity contribution is 5.98. The highest BCUT2D eigenvalue weighted by atomic mass is 16.5. The molecule has 1 aromatic heterocycles. The molecule has 2 N–H and O–H groups in total. The molecule has 0 spiro atoms. The largest absolute Gasteiger partial charge is 0.490 e. The van der Waals surface area contributed by atoms with Crippen LogP contribution in [0.5, 0.6) is 11.5 Å². The number of hydrogen-bond acceptors (Lipinski definition) is 4. The van der Waals surface area contributed by atoms with Crippen LogP contribution in [0, 0.1) is 0 Å². The van der Waals surface area contributed by atoms with E-state index in [2.05, 4.69) is 5.32 Å². The summed E-state index contributed by atoms with van der Waals surface area (Å²) in [7, 11) is 0. The molecule has 0 saturated carbocycles. The van der Waals surface area contributed by atoms with Crippen molar-refractivity contribution in [1.82, 2.24) is 9.88 Å². The third-order valence-corrected chi connectivity index (χ3v) is 5.96. The quantitative estimate of drug-likeness (QED) is 0.266. The van der Waals surface area contributed by atoms with Gasteiger partial charge in [0.15, 0.2) is 11.5 Å². The first-order valence-electron chi connectivity index (χ1n) is 12.1. The summed E-state index contributed by atoms with van der Waals surface area (Å²) in [6, 6.07) is 23.9. The Morgan fingerprint density at radius 3 is 2.34 bits per heavy atom. The van der Waals surface area contributed by atoms with Crippen LogP contribution in [0.15, 0.2) is 72.8 Å². The smallest absolute Gasteiger partial charge is 0.352 e. The zero-order valence-corrected chi connectivity index (χ0v) is 20.3. The van der Waals surface area contributed by atoms with Crippen LogP contribution in [-0.2, 0) is 19.5 Å². The SMILES string of the molecule is CCOc1ccc(CCNCc2c(C(=O)O)n(Cc3ccccc3)c3ccccc23)cc1OCC. The van der Waals surface area contributed by atoms with Crippen LogP contribution in [0.25, 0.3) is 10.9 Å². The monoisotopic (exact) mass is 472 g/mol. The molecule has 0 saturated heterocycles. The van der Waals surface area contributed by atoms with Crippen LogP contribution in [0.3, 0.4) is 0 Å². The molecule has 0 aliphatic heterocycles. The van der Waals surface area contributed by atoms with Crippen LogP contribution in [-0.4, -0.2) is 35.4 Å². The molecule has 6 nitrogen and oxygen atoms in total. The van der Waals surface area contributed by atoms with E-state index in [9.17, 15) is 9.90 Å². The van der Waals surface area contributed by atoms with Gasteiger partial charge in [-0.05, 0) is 56.1 Å². The number of para-hydroxylation sites is 1. The van der Waals surface area contributed by atoms with Crippen molar-refractivity contribution in [2.24, 2.45) is 0 Å². The normalized spacial score (nSPS) is 11.0. The van der Waals surface area contributed by atoms with Crippen molar-refractivity contribution in [1.29, 1.82) is 0 Å². The molecule has 3 aromatic carbocycles. The van der Waals surface area contributed by atoms with Gasteiger partial charge in [-0.25, -0.2) is 4.79 Å². The lowest BCUT2D eigenvalue weighted by atomic mass is 10.1. The lowest BCUT2D eigenvalue weighted by molar-refractivity contribution is 0.0684. The molecular formula is C29H32N2O4. The number of benzene rings is 3. The zero-order chi connectivity index (χ0) is 24.6. The van der Waals surface area contributed by atoms with Crippen molar-refractivity contribution >= 4 is 16.9 Å². The number of carboxylic acid groups (broad SMARTS) is 1. The Morgan fingerprint density at radius 2 is 1.60 bits per heavy atom. The number of fused-ring (bicyclic) bond motifs is 1. The molecular weight excluding hydrogens is 440 g/mol. The van der Waals surface area contributed by atoms with Gasteiger partial charge >= 0.3 is 5.97 Å². The number of hydrogen-bond donors (Lipinski definition) is 2. The summed E-state index contributed by atoms with van der Waals surface area (Å²) in [5, 5.41) is 14.6. The molecule has 0 atom stereocenters. The first kappa shape index (κ1) is 24.4. The molecule has 35 heavy (non-hydrogen) atoms. The summed E-state index contributed by atoms with van der Waals surface area (Å²) < 4.78 is 13.3. The Morgan fingerprint density at radius 1 is 0.886 bits per heavy atom. The molecule has 6 heteroatoms. The van der Waals surface area contributed by atoms with E-state index in [1.165, 1.54) is 0 Å². The zero-order valence-electron chi connectivity index (χ0n) is 20.3. The van der Waals surface area contributed by atoms with E-state index in [1.807, 2.05) is 91.2 Å². The maximum absolute atomic E-state index is 12.4. The Labute approximate surface area is 206 Å². The van der Waals surface area contributed by atoms with Gasteiger partial charge in [0.2, 0.25) is 0 Å². The molecule has 0 fully saturated rings. The van der Waals surface area contributed by atoms with Crippen LogP contribution >= 0.6 is 0 Å². The Balaban J connectivity index is 1.52. The van der Waals surface area contributed by atoms with Crippen molar-refractivity contribution in [2.75, 3.05) is 19.8 Å². The summed E-state index contributed by atoms with van der Waals surface area (Å²) in [5.74, 6) is 0.592.